The second kappa shape index (κ2) is 8.84. The van der Waals surface area contributed by atoms with Crippen LogP contribution in [0.2, 0.25) is 0 Å². The van der Waals surface area contributed by atoms with Gasteiger partial charge in [-0.25, -0.2) is 0 Å². The lowest BCUT2D eigenvalue weighted by Gasteiger charge is -2.49. The summed E-state index contributed by atoms with van der Waals surface area (Å²) in [5, 5.41) is 15.4. The highest BCUT2D eigenvalue weighted by Gasteiger charge is 2.69. The minimum atomic E-state index is -1.31. The molecule has 1 aromatic rings. The molecule has 0 aliphatic heterocycles. The van der Waals surface area contributed by atoms with Crippen LogP contribution in [0.5, 0.6) is 0 Å². The molecule has 0 heterocycles. The fourth-order valence-electron chi connectivity index (χ4n) is 5.23. The molecular weight excluding hydrogens is 370 g/mol. The lowest BCUT2D eigenvalue weighted by atomic mass is 9.62. The molecule has 0 radical (unpaired) electrons. The minimum absolute atomic E-state index is 0.114. The number of benzene rings is 1. The van der Waals surface area contributed by atoms with Crippen LogP contribution in [-0.2, 0) is 19.9 Å². The summed E-state index contributed by atoms with van der Waals surface area (Å²) < 4.78 is 6.72. The van der Waals surface area contributed by atoms with E-state index in [2.05, 4.69) is 70.1 Å². The normalized spacial score (nSPS) is 29.4. The molecule has 2 saturated carbocycles. The number of likely N-dealkylation sites (N-methyl/N-ethyl adjacent to an activating group) is 1. The summed E-state index contributed by atoms with van der Waals surface area (Å²) in [7, 11) is 4.23. The zero-order valence-electron chi connectivity index (χ0n) is 18.3. The number of ether oxygens (including phenoxy) is 1. The van der Waals surface area contributed by atoms with Crippen LogP contribution in [0, 0.1) is 16.7 Å². The molecule has 1 aromatic carbocycles. The van der Waals surface area contributed by atoms with Gasteiger partial charge in [0.2, 0.25) is 0 Å². The third-order valence-corrected chi connectivity index (χ3v) is 7.29. The van der Waals surface area contributed by atoms with E-state index in [-0.39, 0.29) is 11.0 Å². The Morgan fingerprint density at radius 1 is 1.10 bits per heavy atom. The second-order valence-electron chi connectivity index (χ2n) is 9.30. The van der Waals surface area contributed by atoms with Gasteiger partial charge in [-0.1, -0.05) is 51.1 Å². The van der Waals surface area contributed by atoms with Gasteiger partial charge in [0.05, 0.1) is 12.2 Å². The Kier molecular flexibility index (Phi) is 7.12. The molecule has 0 unspecified atom stereocenters. The number of nitrogens with zero attached hydrogens (tertiary/aromatic N) is 1. The summed E-state index contributed by atoms with van der Waals surface area (Å²) in [6.07, 6.45) is 3.00. The maximum absolute atomic E-state index is 9.43. The van der Waals surface area contributed by atoms with Gasteiger partial charge in [0.25, 0.3) is 0 Å². The molecule has 29 heavy (non-hydrogen) atoms. The van der Waals surface area contributed by atoms with Crippen LogP contribution in [0.4, 0.5) is 0 Å². The van der Waals surface area contributed by atoms with Gasteiger partial charge in [0.1, 0.15) is 6.42 Å². The molecule has 2 fully saturated rings. The Balaban J connectivity index is 0.000000370. The van der Waals surface area contributed by atoms with Gasteiger partial charge in [-0.2, -0.15) is 0 Å². The van der Waals surface area contributed by atoms with E-state index in [0.29, 0.717) is 5.41 Å². The SMILES string of the molecule is CN(C)CCO[C@]1(c2ccccc2)C[C@H]2CC[C@]1(C)C2(C)C.O=C(O)CC(=O)O. The third kappa shape index (κ3) is 4.48. The fourth-order valence-corrected chi connectivity index (χ4v) is 5.23. The molecule has 0 saturated heterocycles. The molecule has 2 aliphatic rings. The predicted molar refractivity (Wildman–Crippen MR) is 112 cm³/mol. The van der Waals surface area contributed by atoms with Crippen molar-refractivity contribution in [3.63, 3.8) is 0 Å². The summed E-state index contributed by atoms with van der Waals surface area (Å²) >= 11 is 0. The molecule has 2 aliphatic carbocycles. The molecule has 3 rings (SSSR count). The largest absolute Gasteiger partial charge is 0.481 e. The van der Waals surface area contributed by atoms with E-state index >= 15 is 0 Å². The Bertz CT molecular complexity index is 705. The predicted octanol–water partition coefficient (Wildman–Crippen LogP) is 3.85. The topological polar surface area (TPSA) is 87.1 Å². The minimum Gasteiger partial charge on any atom is -0.481 e. The van der Waals surface area contributed by atoms with Crippen molar-refractivity contribution in [2.75, 3.05) is 27.2 Å². The third-order valence-electron chi connectivity index (χ3n) is 7.29. The second-order valence-corrected chi connectivity index (χ2v) is 9.30. The first-order valence-electron chi connectivity index (χ1n) is 10.2. The maximum atomic E-state index is 9.43. The van der Waals surface area contributed by atoms with Crippen LogP contribution in [0.3, 0.4) is 0 Å². The van der Waals surface area contributed by atoms with Crippen molar-refractivity contribution < 1.29 is 24.5 Å². The van der Waals surface area contributed by atoms with E-state index in [4.69, 9.17) is 14.9 Å². The van der Waals surface area contributed by atoms with Crippen molar-refractivity contribution in [3.8, 4) is 0 Å². The lowest BCUT2D eigenvalue weighted by molar-refractivity contribution is -0.148. The first-order valence-corrected chi connectivity index (χ1v) is 10.2. The first kappa shape index (κ1) is 23.4. The average Bonchev–Trinajstić information content (AvgIpc) is 2.94. The van der Waals surface area contributed by atoms with Crippen molar-refractivity contribution in [2.45, 2.75) is 52.1 Å². The fraction of sp³-hybridized carbons (Fsp3) is 0.652. The van der Waals surface area contributed by atoms with Gasteiger partial charge in [-0.3, -0.25) is 9.59 Å². The van der Waals surface area contributed by atoms with Gasteiger partial charge in [0, 0.05) is 12.0 Å². The van der Waals surface area contributed by atoms with Crippen molar-refractivity contribution in [2.24, 2.45) is 16.7 Å². The highest BCUT2D eigenvalue weighted by molar-refractivity contribution is 5.88. The van der Waals surface area contributed by atoms with Crippen LogP contribution < -0.4 is 0 Å². The summed E-state index contributed by atoms with van der Waals surface area (Å²) in [4.78, 5) is 21.1. The first-order chi connectivity index (χ1) is 13.5. The molecule has 162 valence electrons. The molecule has 3 atom stereocenters. The highest BCUT2D eigenvalue weighted by atomic mass is 16.5. The van der Waals surface area contributed by atoms with Gasteiger partial charge in [-0.05, 0) is 50.3 Å². The van der Waals surface area contributed by atoms with Gasteiger partial charge >= 0.3 is 11.9 Å². The number of carbonyl (C=O) groups is 2. The average molecular weight is 406 g/mol. The van der Waals surface area contributed by atoms with Crippen molar-refractivity contribution in [1.29, 1.82) is 0 Å². The quantitative estimate of drug-likeness (QED) is 0.670. The van der Waals surface area contributed by atoms with E-state index in [1.54, 1.807) is 0 Å². The number of aliphatic carboxylic acids is 2. The van der Waals surface area contributed by atoms with Crippen LogP contribution >= 0.6 is 0 Å². The van der Waals surface area contributed by atoms with Crippen LogP contribution in [0.15, 0.2) is 30.3 Å². The van der Waals surface area contributed by atoms with Crippen molar-refractivity contribution >= 4 is 11.9 Å². The monoisotopic (exact) mass is 405 g/mol. The lowest BCUT2D eigenvalue weighted by Crippen LogP contribution is -2.47. The summed E-state index contributed by atoms with van der Waals surface area (Å²) in [5.74, 6) is -1.85. The van der Waals surface area contributed by atoms with E-state index in [1.807, 2.05) is 0 Å². The van der Waals surface area contributed by atoms with Crippen molar-refractivity contribution in [3.05, 3.63) is 35.9 Å². The number of fused-ring (bicyclic) bond motifs is 2. The van der Waals surface area contributed by atoms with Gasteiger partial charge < -0.3 is 19.8 Å². The van der Waals surface area contributed by atoms with Crippen LogP contribution in [0.1, 0.15) is 52.0 Å². The number of rotatable bonds is 7. The zero-order chi connectivity index (χ0) is 21.9. The molecule has 0 amide bonds. The summed E-state index contributed by atoms with van der Waals surface area (Å²) in [6, 6.07) is 11.0. The number of carboxylic acids is 2. The Hall–Kier alpha value is -1.92. The molecule has 2 bridgehead atoms. The van der Waals surface area contributed by atoms with E-state index in [1.165, 1.54) is 24.8 Å². The maximum Gasteiger partial charge on any atom is 0.314 e. The molecule has 0 aromatic heterocycles. The van der Waals surface area contributed by atoms with E-state index in [9.17, 15) is 9.59 Å². The number of hydrogen-bond donors (Lipinski definition) is 2. The summed E-state index contributed by atoms with van der Waals surface area (Å²) in [6.45, 7) is 9.19. The van der Waals surface area contributed by atoms with Gasteiger partial charge in [-0.15, -0.1) is 0 Å². The molecular formula is C23H35NO5. The summed E-state index contributed by atoms with van der Waals surface area (Å²) in [5.41, 5.74) is 1.84. The Labute approximate surface area is 173 Å². The zero-order valence-corrected chi connectivity index (χ0v) is 18.3. The number of carboxylic acid groups (broad SMARTS) is 2. The van der Waals surface area contributed by atoms with Crippen LogP contribution in [0.25, 0.3) is 0 Å². The molecule has 0 spiro atoms. The molecule has 6 heteroatoms. The molecule has 2 N–H and O–H groups in total. The van der Waals surface area contributed by atoms with Crippen LogP contribution in [-0.4, -0.2) is 54.3 Å². The van der Waals surface area contributed by atoms with E-state index in [0.717, 1.165) is 19.1 Å². The molecule has 6 nitrogen and oxygen atoms in total. The van der Waals surface area contributed by atoms with Crippen molar-refractivity contribution in [1.82, 2.24) is 4.90 Å². The Morgan fingerprint density at radius 3 is 2.07 bits per heavy atom. The van der Waals surface area contributed by atoms with Gasteiger partial charge in [0.15, 0.2) is 0 Å². The number of hydrogen-bond acceptors (Lipinski definition) is 4. The standard InChI is InChI=1S/C20H31NO.C3H4O4/c1-18(2)17-11-12-19(18,3)20(15-17,22-14-13-21(4)5)16-9-7-6-8-10-16;4-2(5)1-3(6)7/h6-10,17H,11-15H2,1-5H3;1H2,(H,4,5)(H,6,7)/t17-,19-,20+;/m1./s1. The smallest absolute Gasteiger partial charge is 0.314 e. The Morgan fingerprint density at radius 2 is 1.69 bits per heavy atom. The highest BCUT2D eigenvalue weighted by Crippen LogP contribution is 2.73. The van der Waals surface area contributed by atoms with E-state index < -0.39 is 18.4 Å².